The monoisotopic (exact) mass is 300 g/mol. The van der Waals surface area contributed by atoms with Crippen LogP contribution in [0, 0.1) is 0 Å². The van der Waals surface area contributed by atoms with Crippen LogP contribution < -0.4 is 10.6 Å². The zero-order chi connectivity index (χ0) is 13.8. The Morgan fingerprint density at radius 1 is 1.42 bits per heavy atom. The van der Waals surface area contributed by atoms with E-state index in [2.05, 4.69) is 10.6 Å². The van der Waals surface area contributed by atoms with Gasteiger partial charge in [-0.05, 0) is 37.9 Å². The van der Waals surface area contributed by atoms with Crippen molar-refractivity contribution in [1.82, 2.24) is 10.6 Å². The highest BCUT2D eigenvalue weighted by Gasteiger charge is 2.22. The number of nitrogens with one attached hydrogen (secondary N) is 2. The molecule has 1 saturated heterocycles. The first-order valence-corrected chi connectivity index (χ1v) is 7.33. The minimum Gasteiger partial charge on any atom is -0.348 e. The van der Waals surface area contributed by atoms with Gasteiger partial charge in [-0.2, -0.15) is 0 Å². The van der Waals surface area contributed by atoms with Crippen LogP contribution in [0.1, 0.15) is 37.8 Å². The summed E-state index contributed by atoms with van der Waals surface area (Å²) in [6.45, 7) is 2.82. The number of rotatable bonds is 3. The maximum Gasteiger partial charge on any atom is 0.237 e. The van der Waals surface area contributed by atoms with Crippen LogP contribution >= 0.6 is 23.2 Å². The number of amides is 1. The Labute approximate surface area is 123 Å². The van der Waals surface area contributed by atoms with E-state index < -0.39 is 0 Å². The van der Waals surface area contributed by atoms with Crippen molar-refractivity contribution in [3.63, 3.8) is 0 Å². The molecule has 3 nitrogen and oxygen atoms in total. The van der Waals surface area contributed by atoms with Crippen LogP contribution in [0.3, 0.4) is 0 Å². The summed E-state index contributed by atoms with van der Waals surface area (Å²) >= 11 is 12.1. The smallest absolute Gasteiger partial charge is 0.237 e. The first-order chi connectivity index (χ1) is 9.09. The van der Waals surface area contributed by atoms with E-state index in [9.17, 15) is 4.79 Å². The molecule has 5 heteroatoms. The molecule has 1 amide bonds. The molecular formula is C14H18Cl2N2O. The predicted octanol–water partition coefficient (Wildman–Crippen LogP) is 3.31. The molecule has 0 aliphatic carbocycles. The number of carbonyl (C=O) groups is 1. The van der Waals surface area contributed by atoms with Gasteiger partial charge < -0.3 is 10.6 Å². The fraction of sp³-hybridized carbons (Fsp3) is 0.500. The average molecular weight is 301 g/mol. The van der Waals surface area contributed by atoms with E-state index in [0.717, 1.165) is 31.4 Å². The fourth-order valence-corrected chi connectivity index (χ4v) is 2.79. The highest BCUT2D eigenvalue weighted by molar-refractivity contribution is 6.42. The molecular weight excluding hydrogens is 283 g/mol. The molecule has 0 bridgehead atoms. The fourth-order valence-electron chi connectivity index (χ4n) is 2.32. The van der Waals surface area contributed by atoms with Crippen molar-refractivity contribution in [2.45, 2.75) is 38.3 Å². The third-order valence-corrected chi connectivity index (χ3v) is 4.27. The third-order valence-electron chi connectivity index (χ3n) is 3.43. The Morgan fingerprint density at radius 2 is 2.21 bits per heavy atom. The van der Waals surface area contributed by atoms with Crippen molar-refractivity contribution in [1.29, 1.82) is 0 Å². The molecule has 2 rings (SSSR count). The van der Waals surface area contributed by atoms with Gasteiger partial charge in [-0.25, -0.2) is 0 Å². The second-order valence-electron chi connectivity index (χ2n) is 4.88. The minimum absolute atomic E-state index is 0.0308. The summed E-state index contributed by atoms with van der Waals surface area (Å²) in [6, 6.07) is 5.22. The van der Waals surface area contributed by atoms with Gasteiger partial charge in [-0.3, -0.25) is 4.79 Å². The number of carbonyl (C=O) groups excluding carboxylic acids is 1. The number of piperidine rings is 1. The Kier molecular flexibility index (Phi) is 5.08. The first-order valence-electron chi connectivity index (χ1n) is 6.57. The largest absolute Gasteiger partial charge is 0.348 e. The summed E-state index contributed by atoms with van der Waals surface area (Å²) in [4.78, 5) is 12.1. The van der Waals surface area contributed by atoms with Gasteiger partial charge in [-0.1, -0.05) is 41.8 Å². The van der Waals surface area contributed by atoms with Gasteiger partial charge in [0.15, 0.2) is 0 Å². The van der Waals surface area contributed by atoms with Crippen molar-refractivity contribution >= 4 is 29.1 Å². The van der Waals surface area contributed by atoms with Gasteiger partial charge >= 0.3 is 0 Å². The highest BCUT2D eigenvalue weighted by Crippen LogP contribution is 2.29. The molecule has 0 aromatic heterocycles. The van der Waals surface area contributed by atoms with E-state index in [4.69, 9.17) is 23.2 Å². The minimum atomic E-state index is -0.151. The standard InChI is InChI=1S/C14H18Cl2N2O/c1-9(10-5-4-6-11(15)13(10)16)18-14(19)12-7-2-3-8-17-12/h4-6,9,12,17H,2-3,7-8H2,1H3,(H,18,19). The molecule has 0 saturated carbocycles. The van der Waals surface area contributed by atoms with Crippen LogP contribution in [0.2, 0.25) is 10.0 Å². The van der Waals surface area contributed by atoms with Crippen LogP contribution in [0.25, 0.3) is 0 Å². The number of halogens is 2. The average Bonchev–Trinajstić information content (AvgIpc) is 2.42. The van der Waals surface area contributed by atoms with E-state index >= 15 is 0 Å². The molecule has 0 spiro atoms. The van der Waals surface area contributed by atoms with Crippen molar-refractivity contribution in [3.8, 4) is 0 Å². The SMILES string of the molecule is CC(NC(=O)C1CCCCN1)c1cccc(Cl)c1Cl. The number of hydrogen-bond acceptors (Lipinski definition) is 2. The van der Waals surface area contributed by atoms with E-state index in [1.807, 2.05) is 19.1 Å². The van der Waals surface area contributed by atoms with Gasteiger partial charge in [0.05, 0.1) is 22.1 Å². The lowest BCUT2D eigenvalue weighted by Gasteiger charge is -2.25. The molecule has 104 valence electrons. The van der Waals surface area contributed by atoms with Crippen LogP contribution in [0.4, 0.5) is 0 Å². The molecule has 1 aromatic rings. The summed E-state index contributed by atoms with van der Waals surface area (Å²) in [5.74, 6) is 0.0308. The molecule has 0 radical (unpaired) electrons. The summed E-state index contributed by atoms with van der Waals surface area (Å²) in [5.41, 5.74) is 0.846. The van der Waals surface area contributed by atoms with Crippen molar-refractivity contribution in [3.05, 3.63) is 33.8 Å². The normalized spacial score (nSPS) is 20.9. The molecule has 1 aliphatic heterocycles. The van der Waals surface area contributed by atoms with Crippen molar-refractivity contribution in [2.24, 2.45) is 0 Å². The Hall–Kier alpha value is -0.770. The predicted molar refractivity (Wildman–Crippen MR) is 78.7 cm³/mol. The lowest BCUT2D eigenvalue weighted by molar-refractivity contribution is -0.124. The van der Waals surface area contributed by atoms with E-state index in [1.165, 1.54) is 0 Å². The van der Waals surface area contributed by atoms with Crippen LogP contribution in [-0.4, -0.2) is 18.5 Å². The summed E-state index contributed by atoms with van der Waals surface area (Å²) < 4.78 is 0. The third kappa shape index (κ3) is 3.62. The van der Waals surface area contributed by atoms with Gasteiger partial charge in [-0.15, -0.1) is 0 Å². The van der Waals surface area contributed by atoms with Crippen LogP contribution in [-0.2, 0) is 4.79 Å². The molecule has 2 atom stereocenters. The van der Waals surface area contributed by atoms with E-state index in [0.29, 0.717) is 10.0 Å². The lowest BCUT2D eigenvalue weighted by atomic mass is 10.0. The Bertz CT molecular complexity index is 459. The second kappa shape index (κ2) is 6.60. The second-order valence-corrected chi connectivity index (χ2v) is 5.66. The van der Waals surface area contributed by atoms with E-state index in [1.54, 1.807) is 6.07 Å². The molecule has 2 N–H and O–H groups in total. The van der Waals surface area contributed by atoms with Gasteiger partial charge in [0, 0.05) is 0 Å². The highest BCUT2D eigenvalue weighted by atomic mass is 35.5. The van der Waals surface area contributed by atoms with Crippen molar-refractivity contribution < 1.29 is 4.79 Å². The molecule has 2 unspecified atom stereocenters. The zero-order valence-electron chi connectivity index (χ0n) is 10.9. The molecule has 1 heterocycles. The molecule has 1 fully saturated rings. The van der Waals surface area contributed by atoms with Gasteiger partial charge in [0.25, 0.3) is 0 Å². The van der Waals surface area contributed by atoms with Gasteiger partial charge in [0.2, 0.25) is 5.91 Å². The lowest BCUT2D eigenvalue weighted by Crippen LogP contribution is -2.47. The molecule has 19 heavy (non-hydrogen) atoms. The number of hydrogen-bond donors (Lipinski definition) is 2. The molecule has 1 aromatic carbocycles. The maximum absolute atomic E-state index is 12.1. The summed E-state index contributed by atoms with van der Waals surface area (Å²) in [7, 11) is 0. The summed E-state index contributed by atoms with van der Waals surface area (Å²) in [5, 5.41) is 7.24. The van der Waals surface area contributed by atoms with E-state index in [-0.39, 0.29) is 18.0 Å². The molecule has 1 aliphatic rings. The van der Waals surface area contributed by atoms with Crippen LogP contribution in [0.5, 0.6) is 0 Å². The Balaban J connectivity index is 2.02. The quantitative estimate of drug-likeness (QED) is 0.899. The maximum atomic E-state index is 12.1. The Morgan fingerprint density at radius 3 is 2.89 bits per heavy atom. The zero-order valence-corrected chi connectivity index (χ0v) is 12.4. The number of benzene rings is 1. The van der Waals surface area contributed by atoms with Crippen LogP contribution in [0.15, 0.2) is 18.2 Å². The summed E-state index contributed by atoms with van der Waals surface area (Å²) in [6.07, 6.45) is 3.12. The van der Waals surface area contributed by atoms with Crippen molar-refractivity contribution in [2.75, 3.05) is 6.54 Å². The van der Waals surface area contributed by atoms with Gasteiger partial charge in [0.1, 0.15) is 0 Å². The topological polar surface area (TPSA) is 41.1 Å². The first kappa shape index (κ1) is 14.6.